The molecule has 1 aromatic rings. The molecule has 4 heteroatoms. The number of rotatable bonds is 3. The molecule has 1 saturated heterocycles. The van der Waals surface area contributed by atoms with E-state index in [0.717, 1.165) is 42.9 Å². The summed E-state index contributed by atoms with van der Waals surface area (Å²) in [6.07, 6.45) is 4.96. The average Bonchev–Trinajstić information content (AvgIpc) is 3.27. The number of likely N-dealkylation sites (tertiary alicyclic amines) is 1. The molecular weight excluding hydrogens is 264 g/mol. The fourth-order valence-electron chi connectivity index (χ4n) is 3.56. The first-order chi connectivity index (χ1) is 10.3. The lowest BCUT2D eigenvalue weighted by molar-refractivity contribution is 0.257. The van der Waals surface area contributed by atoms with Crippen LogP contribution in [0.3, 0.4) is 0 Å². The van der Waals surface area contributed by atoms with Gasteiger partial charge in [0.15, 0.2) is 11.5 Å². The Bertz CT molecular complexity index is 516. The van der Waals surface area contributed by atoms with Crippen LogP contribution in [-0.2, 0) is 0 Å². The van der Waals surface area contributed by atoms with Gasteiger partial charge in [-0.15, -0.1) is 0 Å². The standard InChI is InChI=1S/C17H24N2O2/c1-12-9-14(11-19(12)15-4-5-15)18-13-3-6-16-17(10-13)21-8-2-7-20-16/h3,6,10,12,14-15,18H,2,4-5,7-9,11H2,1H3. The summed E-state index contributed by atoms with van der Waals surface area (Å²) in [5.41, 5.74) is 1.15. The van der Waals surface area contributed by atoms with Crippen LogP contribution in [-0.4, -0.2) is 42.8 Å². The number of fused-ring (bicyclic) bond motifs is 1. The highest BCUT2D eigenvalue weighted by molar-refractivity contribution is 5.55. The number of hydrogen-bond acceptors (Lipinski definition) is 4. The molecule has 3 aliphatic rings. The molecule has 0 spiro atoms. The Labute approximate surface area is 126 Å². The van der Waals surface area contributed by atoms with Crippen molar-refractivity contribution < 1.29 is 9.47 Å². The summed E-state index contributed by atoms with van der Waals surface area (Å²) in [5.74, 6) is 1.75. The fraction of sp³-hybridized carbons (Fsp3) is 0.647. The van der Waals surface area contributed by atoms with Crippen molar-refractivity contribution in [2.24, 2.45) is 0 Å². The van der Waals surface area contributed by atoms with Crippen LogP contribution in [0.1, 0.15) is 32.6 Å². The van der Waals surface area contributed by atoms with E-state index in [2.05, 4.69) is 29.3 Å². The number of benzene rings is 1. The van der Waals surface area contributed by atoms with Crippen LogP contribution in [0, 0.1) is 0 Å². The second-order valence-electron chi connectivity index (χ2n) is 6.57. The number of anilines is 1. The summed E-state index contributed by atoms with van der Waals surface area (Å²) < 4.78 is 11.5. The molecule has 2 heterocycles. The van der Waals surface area contributed by atoms with Gasteiger partial charge in [0.25, 0.3) is 0 Å². The Balaban J connectivity index is 1.44. The first-order valence-electron chi connectivity index (χ1n) is 8.21. The third kappa shape index (κ3) is 2.82. The maximum absolute atomic E-state index is 5.77. The molecule has 114 valence electrons. The highest BCUT2D eigenvalue weighted by atomic mass is 16.5. The third-order valence-corrected chi connectivity index (χ3v) is 4.76. The van der Waals surface area contributed by atoms with Gasteiger partial charge >= 0.3 is 0 Å². The first kappa shape index (κ1) is 13.3. The summed E-state index contributed by atoms with van der Waals surface area (Å²) in [6, 6.07) is 8.33. The molecule has 21 heavy (non-hydrogen) atoms. The maximum atomic E-state index is 5.77. The fourth-order valence-corrected chi connectivity index (χ4v) is 3.56. The first-order valence-corrected chi connectivity index (χ1v) is 8.21. The maximum Gasteiger partial charge on any atom is 0.163 e. The third-order valence-electron chi connectivity index (χ3n) is 4.76. The van der Waals surface area contributed by atoms with Gasteiger partial charge < -0.3 is 14.8 Å². The van der Waals surface area contributed by atoms with Crippen LogP contribution in [0.5, 0.6) is 11.5 Å². The van der Waals surface area contributed by atoms with E-state index < -0.39 is 0 Å². The minimum atomic E-state index is 0.547. The molecule has 0 radical (unpaired) electrons. The Kier molecular flexibility index (Phi) is 3.42. The van der Waals surface area contributed by atoms with Crippen molar-refractivity contribution in [1.29, 1.82) is 0 Å². The SMILES string of the molecule is CC1CC(Nc2ccc3c(c2)OCCCO3)CN1C1CC1. The van der Waals surface area contributed by atoms with E-state index in [9.17, 15) is 0 Å². The summed E-state index contributed by atoms with van der Waals surface area (Å²) >= 11 is 0. The van der Waals surface area contributed by atoms with Crippen LogP contribution >= 0.6 is 0 Å². The number of hydrogen-bond donors (Lipinski definition) is 1. The second kappa shape index (κ2) is 5.41. The number of ether oxygens (including phenoxy) is 2. The summed E-state index contributed by atoms with van der Waals surface area (Å²) in [6.45, 7) is 5.01. The van der Waals surface area contributed by atoms with Gasteiger partial charge in [0, 0.05) is 42.8 Å². The Morgan fingerprint density at radius 1 is 1.14 bits per heavy atom. The van der Waals surface area contributed by atoms with Crippen molar-refractivity contribution in [3.05, 3.63) is 18.2 Å². The van der Waals surface area contributed by atoms with Crippen LogP contribution in [0.4, 0.5) is 5.69 Å². The lowest BCUT2D eigenvalue weighted by Crippen LogP contribution is -2.31. The van der Waals surface area contributed by atoms with E-state index in [1.165, 1.54) is 25.8 Å². The topological polar surface area (TPSA) is 33.7 Å². The molecule has 1 aliphatic carbocycles. The van der Waals surface area contributed by atoms with Gasteiger partial charge in [-0.2, -0.15) is 0 Å². The predicted molar refractivity (Wildman–Crippen MR) is 83.3 cm³/mol. The molecule has 4 nitrogen and oxygen atoms in total. The molecule has 2 unspecified atom stereocenters. The zero-order chi connectivity index (χ0) is 14.2. The summed E-state index contributed by atoms with van der Waals surface area (Å²) in [5, 5.41) is 3.68. The van der Waals surface area contributed by atoms with Crippen LogP contribution in [0.25, 0.3) is 0 Å². The minimum absolute atomic E-state index is 0.547. The van der Waals surface area contributed by atoms with Gasteiger partial charge in [-0.25, -0.2) is 0 Å². The molecule has 0 aromatic heterocycles. The normalized spacial score (nSPS) is 29.2. The van der Waals surface area contributed by atoms with Crippen molar-refractivity contribution in [3.8, 4) is 11.5 Å². The van der Waals surface area contributed by atoms with Gasteiger partial charge in [-0.05, 0) is 38.3 Å². The number of nitrogens with one attached hydrogen (secondary N) is 1. The van der Waals surface area contributed by atoms with Gasteiger partial charge in [0.05, 0.1) is 13.2 Å². The summed E-state index contributed by atoms with van der Waals surface area (Å²) in [7, 11) is 0. The van der Waals surface area contributed by atoms with Crippen molar-refractivity contribution in [1.82, 2.24) is 4.90 Å². The van der Waals surface area contributed by atoms with E-state index in [-0.39, 0.29) is 0 Å². The molecule has 2 fully saturated rings. The largest absolute Gasteiger partial charge is 0.490 e. The average molecular weight is 288 g/mol. The van der Waals surface area contributed by atoms with Gasteiger partial charge in [0.2, 0.25) is 0 Å². The highest BCUT2D eigenvalue weighted by Gasteiger charge is 2.38. The molecule has 0 amide bonds. The van der Waals surface area contributed by atoms with Crippen molar-refractivity contribution >= 4 is 5.69 Å². The molecule has 1 N–H and O–H groups in total. The summed E-state index contributed by atoms with van der Waals surface area (Å²) in [4.78, 5) is 2.67. The van der Waals surface area contributed by atoms with E-state index in [4.69, 9.17) is 9.47 Å². The zero-order valence-electron chi connectivity index (χ0n) is 12.7. The smallest absolute Gasteiger partial charge is 0.163 e. The molecule has 2 aliphatic heterocycles. The molecule has 0 bridgehead atoms. The molecule has 2 atom stereocenters. The minimum Gasteiger partial charge on any atom is -0.490 e. The molecule has 4 rings (SSSR count). The lowest BCUT2D eigenvalue weighted by atomic mass is 10.2. The van der Waals surface area contributed by atoms with Crippen LogP contribution < -0.4 is 14.8 Å². The Morgan fingerprint density at radius 3 is 2.76 bits per heavy atom. The quantitative estimate of drug-likeness (QED) is 0.927. The van der Waals surface area contributed by atoms with E-state index in [1.54, 1.807) is 0 Å². The van der Waals surface area contributed by atoms with Crippen molar-refractivity contribution in [2.75, 3.05) is 25.1 Å². The van der Waals surface area contributed by atoms with Gasteiger partial charge in [-0.3, -0.25) is 4.90 Å². The zero-order valence-corrected chi connectivity index (χ0v) is 12.7. The van der Waals surface area contributed by atoms with Crippen LogP contribution in [0.15, 0.2) is 18.2 Å². The molecule has 1 saturated carbocycles. The van der Waals surface area contributed by atoms with Crippen molar-refractivity contribution in [3.63, 3.8) is 0 Å². The van der Waals surface area contributed by atoms with Gasteiger partial charge in [0.1, 0.15) is 0 Å². The highest BCUT2D eigenvalue weighted by Crippen LogP contribution is 2.36. The van der Waals surface area contributed by atoms with Gasteiger partial charge in [-0.1, -0.05) is 0 Å². The monoisotopic (exact) mass is 288 g/mol. The van der Waals surface area contributed by atoms with Crippen molar-refractivity contribution in [2.45, 2.75) is 50.7 Å². The van der Waals surface area contributed by atoms with Crippen LogP contribution in [0.2, 0.25) is 0 Å². The van der Waals surface area contributed by atoms with E-state index in [1.807, 2.05) is 6.07 Å². The van der Waals surface area contributed by atoms with E-state index in [0.29, 0.717) is 12.1 Å². The Hall–Kier alpha value is -1.42. The molecule has 1 aromatic carbocycles. The molecular formula is C17H24N2O2. The Morgan fingerprint density at radius 2 is 1.95 bits per heavy atom. The predicted octanol–water partition coefficient (Wildman–Crippen LogP) is 2.89. The number of nitrogens with zero attached hydrogens (tertiary/aromatic N) is 1. The second-order valence-corrected chi connectivity index (χ2v) is 6.57. The van der Waals surface area contributed by atoms with E-state index >= 15 is 0 Å². The lowest BCUT2D eigenvalue weighted by Gasteiger charge is -2.20.